The van der Waals surface area contributed by atoms with Crippen molar-refractivity contribution in [2.75, 3.05) is 31.1 Å². The van der Waals surface area contributed by atoms with Crippen LogP contribution in [0.25, 0.3) is 0 Å². The Kier molecular flexibility index (Phi) is 6.63. The predicted molar refractivity (Wildman–Crippen MR) is 115 cm³/mol. The molecular formula is C20H24F3N5O3S. The highest BCUT2D eigenvalue weighted by molar-refractivity contribution is 7.09. The van der Waals surface area contributed by atoms with Gasteiger partial charge in [-0.3, -0.25) is 10.1 Å². The number of hydrogen-bond acceptors (Lipinski definition) is 6. The number of thiazole rings is 1. The molecule has 174 valence electrons. The summed E-state index contributed by atoms with van der Waals surface area (Å²) in [6.07, 6.45) is -4.66. The molecule has 0 unspecified atom stereocenters. The summed E-state index contributed by atoms with van der Waals surface area (Å²) >= 11 is 1.54. The second kappa shape index (κ2) is 8.93. The van der Waals surface area contributed by atoms with E-state index in [1.165, 1.54) is 11.3 Å². The molecule has 1 aliphatic heterocycles. The molecule has 0 saturated carbocycles. The summed E-state index contributed by atoms with van der Waals surface area (Å²) < 4.78 is 38.7. The Bertz CT molecular complexity index is 995. The Morgan fingerprint density at radius 3 is 2.41 bits per heavy atom. The van der Waals surface area contributed by atoms with Crippen molar-refractivity contribution in [3.63, 3.8) is 0 Å². The topological polar surface area (TPSA) is 91.6 Å². The monoisotopic (exact) mass is 471 g/mol. The number of alkyl halides is 3. The van der Waals surface area contributed by atoms with Crippen molar-refractivity contribution in [1.29, 1.82) is 0 Å². The first-order valence-electron chi connectivity index (χ1n) is 9.94. The van der Waals surface area contributed by atoms with E-state index in [1.807, 2.05) is 5.38 Å². The third-order valence-corrected chi connectivity index (χ3v) is 6.34. The fourth-order valence-electron chi connectivity index (χ4n) is 3.27. The molecule has 32 heavy (non-hydrogen) atoms. The number of amides is 2. The number of hydrogen-bond donors (Lipinski definition) is 1. The third kappa shape index (κ3) is 5.47. The number of piperazine rings is 1. The van der Waals surface area contributed by atoms with Gasteiger partial charge in [0.25, 0.3) is 5.69 Å². The van der Waals surface area contributed by atoms with E-state index in [4.69, 9.17) is 0 Å². The van der Waals surface area contributed by atoms with Gasteiger partial charge in [0.1, 0.15) is 5.69 Å². The Hall–Kier alpha value is -2.89. The third-order valence-electron chi connectivity index (χ3n) is 5.02. The molecule has 12 heteroatoms. The maximum Gasteiger partial charge on any atom is 0.416 e. The van der Waals surface area contributed by atoms with E-state index >= 15 is 0 Å². The van der Waals surface area contributed by atoms with Crippen LogP contribution in [0.4, 0.5) is 29.3 Å². The van der Waals surface area contributed by atoms with E-state index in [0.29, 0.717) is 6.07 Å². The molecule has 3 rings (SSSR count). The lowest BCUT2D eigenvalue weighted by Crippen LogP contribution is -2.51. The van der Waals surface area contributed by atoms with Gasteiger partial charge in [-0.25, -0.2) is 9.78 Å². The number of anilines is 1. The second-order valence-corrected chi connectivity index (χ2v) is 9.34. The van der Waals surface area contributed by atoms with Crippen molar-refractivity contribution >= 4 is 28.7 Å². The Morgan fingerprint density at radius 2 is 1.88 bits per heavy atom. The van der Waals surface area contributed by atoms with Crippen LogP contribution in [0.3, 0.4) is 0 Å². The summed E-state index contributed by atoms with van der Waals surface area (Å²) in [5.41, 5.74) is -0.851. The van der Waals surface area contributed by atoms with Gasteiger partial charge in [-0.2, -0.15) is 13.2 Å². The minimum absolute atomic E-state index is 0.0653. The van der Waals surface area contributed by atoms with Gasteiger partial charge in [-0.05, 0) is 12.1 Å². The Morgan fingerprint density at radius 1 is 1.22 bits per heavy atom. The van der Waals surface area contributed by atoms with Crippen LogP contribution in [0, 0.1) is 10.1 Å². The van der Waals surface area contributed by atoms with Crippen molar-refractivity contribution in [3.05, 3.63) is 50.0 Å². The van der Waals surface area contributed by atoms with Gasteiger partial charge in [0.05, 0.1) is 27.7 Å². The minimum Gasteiger partial charge on any atom is -0.362 e. The number of nitro benzene ring substituents is 1. The lowest BCUT2D eigenvalue weighted by Gasteiger charge is -2.35. The summed E-state index contributed by atoms with van der Waals surface area (Å²) in [5, 5.41) is 17.0. The first-order valence-corrected chi connectivity index (χ1v) is 10.8. The van der Waals surface area contributed by atoms with E-state index in [0.717, 1.165) is 22.8 Å². The number of carbonyl (C=O) groups is 1. The van der Waals surface area contributed by atoms with Gasteiger partial charge >= 0.3 is 12.2 Å². The van der Waals surface area contributed by atoms with Gasteiger partial charge in [-0.15, -0.1) is 11.3 Å². The van der Waals surface area contributed by atoms with E-state index < -0.39 is 22.4 Å². The van der Waals surface area contributed by atoms with Gasteiger partial charge in [0, 0.05) is 43.0 Å². The number of urea groups is 1. The average Bonchev–Trinajstić information content (AvgIpc) is 3.20. The van der Waals surface area contributed by atoms with Gasteiger partial charge in [-0.1, -0.05) is 20.8 Å². The SMILES string of the molecule is CC(C)(C)c1nc(CNC(=O)N2CCN(c3ccc(C(F)(F)F)cc3[N+](=O)[O-])CC2)cs1. The minimum atomic E-state index is -4.66. The molecule has 1 N–H and O–H groups in total. The van der Waals surface area contributed by atoms with Crippen molar-refractivity contribution in [2.45, 2.75) is 38.9 Å². The smallest absolute Gasteiger partial charge is 0.362 e. The van der Waals surface area contributed by atoms with Crippen molar-refractivity contribution in [2.24, 2.45) is 0 Å². The highest BCUT2D eigenvalue weighted by Crippen LogP contribution is 2.36. The number of halogens is 3. The fraction of sp³-hybridized carbons (Fsp3) is 0.500. The van der Waals surface area contributed by atoms with Crippen molar-refractivity contribution in [3.8, 4) is 0 Å². The first kappa shape index (κ1) is 23.8. The molecule has 0 atom stereocenters. The van der Waals surface area contributed by atoms with Crippen LogP contribution in [0.15, 0.2) is 23.6 Å². The van der Waals surface area contributed by atoms with Crippen molar-refractivity contribution in [1.82, 2.24) is 15.2 Å². The van der Waals surface area contributed by atoms with Gasteiger partial charge < -0.3 is 15.1 Å². The summed E-state index contributed by atoms with van der Waals surface area (Å²) in [6.45, 7) is 7.59. The zero-order chi connectivity index (χ0) is 23.7. The van der Waals surface area contributed by atoms with Crippen molar-refractivity contribution < 1.29 is 22.9 Å². The molecule has 2 amide bonds. The summed E-state index contributed by atoms with van der Waals surface area (Å²) in [5.74, 6) is 0. The summed E-state index contributed by atoms with van der Waals surface area (Å²) in [7, 11) is 0. The molecule has 1 aliphatic rings. The number of aromatic nitrogens is 1. The lowest BCUT2D eigenvalue weighted by molar-refractivity contribution is -0.384. The number of benzene rings is 1. The first-order chi connectivity index (χ1) is 14.9. The fourth-order valence-corrected chi connectivity index (χ4v) is 4.18. The average molecular weight is 472 g/mol. The Balaban J connectivity index is 1.59. The second-order valence-electron chi connectivity index (χ2n) is 8.49. The van der Waals surface area contributed by atoms with Crippen LogP contribution in [-0.2, 0) is 18.1 Å². The van der Waals surface area contributed by atoms with E-state index in [2.05, 4.69) is 31.1 Å². The molecule has 8 nitrogen and oxygen atoms in total. The standard InChI is InChI=1S/C20H24F3N5O3S/c1-19(2,3)17-25-14(12-32-17)11-24-18(29)27-8-6-26(7-9-27)15-5-4-13(20(21,22)23)10-16(15)28(30)31/h4-5,10,12H,6-9,11H2,1-3H3,(H,24,29). The molecule has 0 spiro atoms. The number of nitrogens with one attached hydrogen (secondary N) is 1. The quantitative estimate of drug-likeness (QED) is 0.527. The molecule has 1 saturated heterocycles. The van der Waals surface area contributed by atoms with Gasteiger partial charge in [0.2, 0.25) is 0 Å². The number of rotatable bonds is 4. The molecule has 1 aromatic heterocycles. The highest BCUT2D eigenvalue weighted by Gasteiger charge is 2.34. The highest BCUT2D eigenvalue weighted by atomic mass is 32.1. The van der Waals surface area contributed by atoms with Crippen LogP contribution in [0.2, 0.25) is 0 Å². The molecule has 2 heterocycles. The summed E-state index contributed by atoms with van der Waals surface area (Å²) in [6, 6.07) is 2.22. The van der Waals surface area contributed by atoms with E-state index in [-0.39, 0.29) is 49.9 Å². The van der Waals surface area contributed by atoms with Crippen LogP contribution >= 0.6 is 11.3 Å². The van der Waals surface area contributed by atoms with Gasteiger partial charge in [0.15, 0.2) is 0 Å². The van der Waals surface area contributed by atoms with Crippen LogP contribution in [-0.4, -0.2) is 47.0 Å². The number of carbonyl (C=O) groups excluding carboxylic acids is 1. The molecule has 2 aromatic rings. The molecular weight excluding hydrogens is 447 g/mol. The number of nitro groups is 1. The summed E-state index contributed by atoms with van der Waals surface area (Å²) in [4.78, 5) is 30.7. The molecule has 0 radical (unpaired) electrons. The zero-order valence-corrected chi connectivity index (χ0v) is 18.7. The number of nitrogens with zero attached hydrogens (tertiary/aromatic N) is 4. The molecule has 1 aromatic carbocycles. The maximum absolute atomic E-state index is 12.9. The maximum atomic E-state index is 12.9. The molecule has 0 bridgehead atoms. The van der Waals surface area contributed by atoms with E-state index in [9.17, 15) is 28.1 Å². The largest absolute Gasteiger partial charge is 0.416 e. The molecule has 0 aliphatic carbocycles. The van der Waals surface area contributed by atoms with E-state index in [1.54, 1.807) is 9.80 Å². The predicted octanol–water partition coefficient (Wildman–Crippen LogP) is 4.40. The zero-order valence-electron chi connectivity index (χ0n) is 17.9. The van der Waals surface area contributed by atoms with Crippen LogP contribution < -0.4 is 10.2 Å². The van der Waals surface area contributed by atoms with Crippen LogP contribution in [0.5, 0.6) is 0 Å². The Labute approximate surface area is 187 Å². The van der Waals surface area contributed by atoms with Crippen LogP contribution in [0.1, 0.15) is 37.0 Å². The molecule has 1 fully saturated rings. The normalized spacial score (nSPS) is 15.1. The lowest BCUT2D eigenvalue weighted by atomic mass is 9.98.